The molecule has 0 aliphatic carbocycles. The molecule has 0 saturated carbocycles. The average molecular weight is 495 g/mol. The maximum atomic E-state index is 13.0. The van der Waals surface area contributed by atoms with Crippen LogP contribution in [0.2, 0.25) is 0 Å². The molecule has 3 aromatic carbocycles. The van der Waals surface area contributed by atoms with Crippen molar-refractivity contribution in [3.05, 3.63) is 84.1 Å². The molecule has 0 radical (unpaired) electrons. The van der Waals surface area contributed by atoms with E-state index in [2.05, 4.69) is 46.3 Å². The van der Waals surface area contributed by atoms with Gasteiger partial charge in [-0.1, -0.05) is 53.7 Å². The summed E-state index contributed by atoms with van der Waals surface area (Å²) < 4.78 is 44.7. The number of piperazine rings is 1. The molecule has 0 bridgehead atoms. The first-order valence-corrected chi connectivity index (χ1v) is 12.1. The van der Waals surface area contributed by atoms with Crippen LogP contribution in [-0.4, -0.2) is 61.3 Å². The summed E-state index contributed by atoms with van der Waals surface area (Å²) >= 11 is 0. The lowest BCUT2D eigenvalue weighted by atomic mass is 10.0. The van der Waals surface area contributed by atoms with Gasteiger partial charge in [-0.05, 0) is 36.0 Å². The number of anilines is 1. The van der Waals surface area contributed by atoms with E-state index in [0.717, 1.165) is 54.6 Å². The molecule has 1 aliphatic heterocycles. The fourth-order valence-corrected chi connectivity index (χ4v) is 4.73. The summed E-state index contributed by atoms with van der Waals surface area (Å²) in [5, 5.41) is 6.63. The van der Waals surface area contributed by atoms with Gasteiger partial charge in [0.25, 0.3) is 0 Å². The molecular formula is C28H29F3N4O. The maximum Gasteiger partial charge on any atom is 0.416 e. The van der Waals surface area contributed by atoms with Gasteiger partial charge in [0.2, 0.25) is 0 Å². The molecule has 188 valence electrons. The zero-order chi connectivity index (χ0) is 25.1. The number of hydrogen-bond acceptors (Lipinski definition) is 5. The van der Waals surface area contributed by atoms with Crippen LogP contribution in [0.4, 0.5) is 18.9 Å². The van der Waals surface area contributed by atoms with Gasteiger partial charge in [0.05, 0.1) is 12.1 Å². The van der Waals surface area contributed by atoms with Crippen molar-refractivity contribution in [2.75, 3.05) is 51.2 Å². The second-order valence-corrected chi connectivity index (χ2v) is 9.32. The van der Waals surface area contributed by atoms with Crippen LogP contribution in [0.5, 0.6) is 0 Å². The Balaban J connectivity index is 1.12. The molecule has 8 heteroatoms. The van der Waals surface area contributed by atoms with E-state index in [9.17, 15) is 13.2 Å². The van der Waals surface area contributed by atoms with Crippen LogP contribution >= 0.6 is 0 Å². The van der Waals surface area contributed by atoms with Gasteiger partial charge in [-0.3, -0.25) is 9.80 Å². The minimum Gasteiger partial charge on any atom is -0.369 e. The predicted molar refractivity (Wildman–Crippen MR) is 136 cm³/mol. The van der Waals surface area contributed by atoms with Crippen molar-refractivity contribution < 1.29 is 17.7 Å². The van der Waals surface area contributed by atoms with Gasteiger partial charge in [-0.15, -0.1) is 0 Å². The van der Waals surface area contributed by atoms with Crippen LogP contribution in [0.3, 0.4) is 0 Å². The maximum absolute atomic E-state index is 13.0. The third-order valence-electron chi connectivity index (χ3n) is 6.76. The molecule has 0 unspecified atom stereocenters. The van der Waals surface area contributed by atoms with Crippen molar-refractivity contribution in [1.82, 2.24) is 15.0 Å². The SMILES string of the molecule is CN(CCN1CCN(c2cccc(C(F)(F)F)c2)CC1)Cc1cc(-c2cccc3ccccc23)no1. The lowest BCUT2D eigenvalue weighted by Gasteiger charge is -2.36. The number of aromatic nitrogens is 1. The highest BCUT2D eigenvalue weighted by Gasteiger charge is 2.31. The summed E-state index contributed by atoms with van der Waals surface area (Å²) in [4.78, 5) is 6.58. The zero-order valence-corrected chi connectivity index (χ0v) is 20.2. The van der Waals surface area contributed by atoms with Crippen molar-refractivity contribution in [3.63, 3.8) is 0 Å². The van der Waals surface area contributed by atoms with Crippen molar-refractivity contribution in [1.29, 1.82) is 0 Å². The van der Waals surface area contributed by atoms with Gasteiger partial charge in [-0.25, -0.2) is 0 Å². The number of rotatable bonds is 7. The molecule has 0 atom stereocenters. The normalized spacial score (nSPS) is 15.2. The molecule has 1 aromatic heterocycles. The quantitative estimate of drug-likeness (QED) is 0.326. The van der Waals surface area contributed by atoms with Crippen molar-refractivity contribution in [2.24, 2.45) is 0 Å². The number of nitrogens with zero attached hydrogens (tertiary/aromatic N) is 4. The Bertz CT molecular complexity index is 1310. The Kier molecular flexibility index (Phi) is 6.98. The van der Waals surface area contributed by atoms with E-state index in [1.807, 2.05) is 29.2 Å². The third-order valence-corrected chi connectivity index (χ3v) is 6.76. The highest BCUT2D eigenvalue weighted by atomic mass is 19.4. The summed E-state index contributed by atoms with van der Waals surface area (Å²) in [7, 11) is 2.05. The molecular weight excluding hydrogens is 465 g/mol. The summed E-state index contributed by atoms with van der Waals surface area (Å²) in [6.07, 6.45) is -4.32. The number of halogens is 3. The third kappa shape index (κ3) is 5.55. The van der Waals surface area contributed by atoms with E-state index in [0.29, 0.717) is 25.3 Å². The first kappa shape index (κ1) is 24.3. The minimum atomic E-state index is -4.32. The Morgan fingerprint density at radius 2 is 1.67 bits per heavy atom. The molecule has 4 aromatic rings. The van der Waals surface area contributed by atoms with Gasteiger partial charge in [0, 0.05) is 56.6 Å². The Labute approximate surface area is 208 Å². The van der Waals surface area contributed by atoms with E-state index in [4.69, 9.17) is 4.52 Å². The van der Waals surface area contributed by atoms with Crippen LogP contribution in [0, 0.1) is 0 Å². The number of likely N-dealkylation sites (N-methyl/N-ethyl adjacent to an activating group) is 1. The standard InChI is InChI=1S/C28H29F3N4O/c1-33(20-24-19-27(32-36-24)26-11-4-7-21-6-2-3-10-25(21)26)12-13-34-14-16-35(17-15-34)23-9-5-8-22(18-23)28(29,30)31/h2-11,18-19H,12-17,20H2,1H3. The van der Waals surface area contributed by atoms with E-state index >= 15 is 0 Å². The minimum absolute atomic E-state index is 0.597. The molecule has 1 saturated heterocycles. The summed E-state index contributed by atoms with van der Waals surface area (Å²) in [6, 6.07) is 22.0. The van der Waals surface area contributed by atoms with Gasteiger partial charge in [0.15, 0.2) is 5.76 Å². The van der Waals surface area contributed by atoms with Gasteiger partial charge < -0.3 is 9.42 Å². The van der Waals surface area contributed by atoms with Crippen LogP contribution in [0.25, 0.3) is 22.0 Å². The molecule has 0 amide bonds. The Hall–Kier alpha value is -3.36. The fourth-order valence-electron chi connectivity index (χ4n) is 4.73. The monoisotopic (exact) mass is 494 g/mol. The molecule has 5 nitrogen and oxygen atoms in total. The second-order valence-electron chi connectivity index (χ2n) is 9.32. The smallest absolute Gasteiger partial charge is 0.369 e. The highest BCUT2D eigenvalue weighted by molar-refractivity contribution is 5.95. The van der Waals surface area contributed by atoms with Crippen molar-refractivity contribution in [2.45, 2.75) is 12.7 Å². The largest absolute Gasteiger partial charge is 0.416 e. The van der Waals surface area contributed by atoms with Gasteiger partial charge in [-0.2, -0.15) is 13.2 Å². The molecule has 0 N–H and O–H groups in total. The van der Waals surface area contributed by atoms with E-state index < -0.39 is 11.7 Å². The van der Waals surface area contributed by atoms with Crippen LogP contribution in [0.15, 0.2) is 77.3 Å². The van der Waals surface area contributed by atoms with Crippen LogP contribution in [-0.2, 0) is 12.7 Å². The molecule has 0 spiro atoms. The molecule has 5 rings (SSSR count). The van der Waals surface area contributed by atoms with E-state index in [1.165, 1.54) is 17.5 Å². The number of hydrogen-bond donors (Lipinski definition) is 0. The van der Waals surface area contributed by atoms with Gasteiger partial charge >= 0.3 is 6.18 Å². The molecule has 2 heterocycles. The van der Waals surface area contributed by atoms with E-state index in [1.54, 1.807) is 6.07 Å². The average Bonchev–Trinajstić information content (AvgIpc) is 3.35. The molecule has 1 aliphatic rings. The first-order chi connectivity index (χ1) is 17.4. The molecule has 36 heavy (non-hydrogen) atoms. The summed E-state index contributed by atoms with van der Waals surface area (Å²) in [5.41, 5.74) is 1.93. The van der Waals surface area contributed by atoms with Crippen molar-refractivity contribution in [3.8, 4) is 11.3 Å². The van der Waals surface area contributed by atoms with Crippen LogP contribution in [0.1, 0.15) is 11.3 Å². The van der Waals surface area contributed by atoms with Crippen molar-refractivity contribution >= 4 is 16.5 Å². The lowest BCUT2D eigenvalue weighted by molar-refractivity contribution is -0.137. The Morgan fingerprint density at radius 3 is 2.47 bits per heavy atom. The van der Waals surface area contributed by atoms with E-state index in [-0.39, 0.29) is 0 Å². The predicted octanol–water partition coefficient (Wildman–Crippen LogP) is 5.77. The summed E-state index contributed by atoms with van der Waals surface area (Å²) in [5.74, 6) is 0.815. The van der Waals surface area contributed by atoms with Crippen LogP contribution < -0.4 is 4.90 Å². The first-order valence-electron chi connectivity index (χ1n) is 12.1. The Morgan fingerprint density at radius 1 is 0.917 bits per heavy atom. The summed E-state index contributed by atoms with van der Waals surface area (Å²) in [6.45, 7) is 5.45. The zero-order valence-electron chi connectivity index (χ0n) is 20.2. The molecule has 1 fully saturated rings. The topological polar surface area (TPSA) is 35.8 Å². The lowest BCUT2D eigenvalue weighted by Crippen LogP contribution is -2.48. The number of alkyl halides is 3. The highest BCUT2D eigenvalue weighted by Crippen LogP contribution is 2.32. The second kappa shape index (κ2) is 10.3. The van der Waals surface area contributed by atoms with Gasteiger partial charge in [0.1, 0.15) is 5.69 Å². The number of fused-ring (bicyclic) bond motifs is 1. The fraction of sp³-hybridized carbons (Fsp3) is 0.321. The number of benzene rings is 3.